The van der Waals surface area contributed by atoms with E-state index in [1.807, 2.05) is 0 Å². The first-order valence-corrected chi connectivity index (χ1v) is 8.44. The second-order valence-corrected chi connectivity index (χ2v) is 5.96. The zero-order chi connectivity index (χ0) is 22.6. The highest BCUT2D eigenvalue weighted by Crippen LogP contribution is 2.03. The molecule has 0 aliphatic heterocycles. The van der Waals surface area contributed by atoms with Crippen molar-refractivity contribution >= 4 is 35.6 Å². The van der Waals surface area contributed by atoms with Crippen LogP contribution in [0.25, 0.3) is 0 Å². The molecule has 164 valence electrons. The molecule has 14 nitrogen and oxygen atoms in total. The second-order valence-electron chi connectivity index (χ2n) is 5.96. The van der Waals surface area contributed by atoms with Gasteiger partial charge >= 0.3 is 11.9 Å². The van der Waals surface area contributed by atoms with Crippen LogP contribution in [-0.2, 0) is 28.8 Å². The van der Waals surface area contributed by atoms with Crippen LogP contribution in [0.5, 0.6) is 0 Å². The van der Waals surface area contributed by atoms with Gasteiger partial charge in [0.2, 0.25) is 23.6 Å². The standard InChI is InChI=1S/C15H25N5O9/c16-7(6-21)13(26)18-5-11(23)19-8(2-4-12(24)25)14(27)20-9(15(28)29)1-3-10(17)22/h7-9,21H,1-6,16H2,(H2,17,22)(H,18,26)(H,19,23)(H,20,27)(H,24,25)(H,28,29). The fourth-order valence-corrected chi connectivity index (χ4v) is 1.98. The highest BCUT2D eigenvalue weighted by atomic mass is 16.4. The summed E-state index contributed by atoms with van der Waals surface area (Å²) in [5.74, 6) is -6.19. The largest absolute Gasteiger partial charge is 0.481 e. The van der Waals surface area contributed by atoms with Crippen molar-refractivity contribution in [3.63, 3.8) is 0 Å². The van der Waals surface area contributed by atoms with Crippen LogP contribution in [0.1, 0.15) is 25.7 Å². The number of aliphatic hydroxyl groups excluding tert-OH is 1. The molecule has 0 saturated carbocycles. The highest BCUT2D eigenvalue weighted by molar-refractivity contribution is 5.92. The zero-order valence-electron chi connectivity index (χ0n) is 15.4. The molecule has 3 unspecified atom stereocenters. The minimum atomic E-state index is -1.48. The van der Waals surface area contributed by atoms with E-state index in [0.29, 0.717) is 0 Å². The van der Waals surface area contributed by atoms with Crippen molar-refractivity contribution < 1.29 is 44.1 Å². The number of aliphatic hydroxyl groups is 1. The van der Waals surface area contributed by atoms with Crippen molar-refractivity contribution in [1.29, 1.82) is 0 Å². The number of rotatable bonds is 14. The van der Waals surface area contributed by atoms with E-state index in [-0.39, 0.29) is 19.3 Å². The van der Waals surface area contributed by atoms with Crippen molar-refractivity contribution in [2.24, 2.45) is 11.5 Å². The van der Waals surface area contributed by atoms with E-state index >= 15 is 0 Å². The fraction of sp³-hybridized carbons (Fsp3) is 0.600. The Balaban J connectivity index is 4.99. The number of hydrogen-bond acceptors (Lipinski definition) is 8. The van der Waals surface area contributed by atoms with Crippen LogP contribution in [0, 0.1) is 0 Å². The Morgan fingerprint density at radius 1 is 0.862 bits per heavy atom. The van der Waals surface area contributed by atoms with Crippen LogP contribution in [0.2, 0.25) is 0 Å². The van der Waals surface area contributed by atoms with E-state index in [1.54, 1.807) is 0 Å². The highest BCUT2D eigenvalue weighted by Gasteiger charge is 2.27. The minimum Gasteiger partial charge on any atom is -0.481 e. The number of hydrogen-bond donors (Lipinski definition) is 8. The summed E-state index contributed by atoms with van der Waals surface area (Å²) in [4.78, 5) is 68.4. The van der Waals surface area contributed by atoms with Gasteiger partial charge in [-0.2, -0.15) is 0 Å². The summed E-state index contributed by atoms with van der Waals surface area (Å²) in [5.41, 5.74) is 10.2. The summed E-state index contributed by atoms with van der Waals surface area (Å²) in [6, 6.07) is -4.16. The molecule has 0 radical (unpaired) electrons. The summed E-state index contributed by atoms with van der Waals surface area (Å²) < 4.78 is 0. The Kier molecular flexibility index (Phi) is 11.5. The number of nitrogens with two attached hydrogens (primary N) is 2. The summed E-state index contributed by atoms with van der Waals surface area (Å²) in [5, 5.41) is 33.0. The number of carbonyl (C=O) groups is 6. The summed E-state index contributed by atoms with van der Waals surface area (Å²) in [7, 11) is 0. The van der Waals surface area contributed by atoms with Crippen molar-refractivity contribution in [3.05, 3.63) is 0 Å². The number of primary amides is 1. The Morgan fingerprint density at radius 2 is 1.45 bits per heavy atom. The lowest BCUT2D eigenvalue weighted by atomic mass is 10.1. The summed E-state index contributed by atoms with van der Waals surface area (Å²) in [6.45, 7) is -1.27. The van der Waals surface area contributed by atoms with Gasteiger partial charge in [-0.05, 0) is 12.8 Å². The molecule has 0 spiro atoms. The molecule has 4 amide bonds. The normalized spacial score (nSPS) is 13.4. The second kappa shape index (κ2) is 13.0. The van der Waals surface area contributed by atoms with Gasteiger partial charge in [0.05, 0.1) is 13.2 Å². The third kappa shape index (κ3) is 11.2. The van der Waals surface area contributed by atoms with Crippen LogP contribution >= 0.6 is 0 Å². The Morgan fingerprint density at radius 3 is 1.93 bits per heavy atom. The molecule has 0 heterocycles. The Labute approximate surface area is 165 Å². The molecule has 29 heavy (non-hydrogen) atoms. The average molecular weight is 419 g/mol. The number of nitrogens with one attached hydrogen (secondary N) is 3. The van der Waals surface area contributed by atoms with Gasteiger partial charge in [0.15, 0.2) is 0 Å². The molecular weight excluding hydrogens is 394 g/mol. The predicted octanol–water partition coefficient (Wildman–Crippen LogP) is -4.39. The van der Waals surface area contributed by atoms with Gasteiger partial charge in [-0.25, -0.2) is 4.79 Å². The maximum Gasteiger partial charge on any atom is 0.326 e. The summed E-state index contributed by atoms with van der Waals surface area (Å²) in [6.07, 6.45) is -1.50. The first kappa shape index (κ1) is 25.7. The molecule has 0 aliphatic rings. The lowest BCUT2D eigenvalue weighted by Crippen LogP contribution is -2.54. The van der Waals surface area contributed by atoms with Crippen molar-refractivity contribution in [3.8, 4) is 0 Å². The van der Waals surface area contributed by atoms with Crippen molar-refractivity contribution in [2.75, 3.05) is 13.2 Å². The first-order valence-electron chi connectivity index (χ1n) is 8.44. The number of carboxylic acid groups (broad SMARTS) is 2. The number of aliphatic carboxylic acids is 2. The Hall–Kier alpha value is -3.26. The van der Waals surface area contributed by atoms with E-state index in [1.165, 1.54) is 0 Å². The van der Waals surface area contributed by atoms with Crippen molar-refractivity contribution in [1.82, 2.24) is 16.0 Å². The lowest BCUT2D eigenvalue weighted by molar-refractivity contribution is -0.143. The van der Waals surface area contributed by atoms with E-state index in [4.69, 9.17) is 26.8 Å². The van der Waals surface area contributed by atoms with Gasteiger partial charge in [-0.15, -0.1) is 0 Å². The molecule has 0 bridgehead atoms. The van der Waals surface area contributed by atoms with Gasteiger partial charge in [0.1, 0.15) is 18.1 Å². The van der Waals surface area contributed by atoms with Crippen LogP contribution < -0.4 is 27.4 Å². The first-order chi connectivity index (χ1) is 13.5. The molecule has 0 saturated heterocycles. The molecule has 0 fully saturated rings. The van der Waals surface area contributed by atoms with Gasteiger partial charge in [0.25, 0.3) is 0 Å². The molecule has 10 N–H and O–H groups in total. The number of amides is 4. The number of carbonyl (C=O) groups excluding carboxylic acids is 4. The third-order valence-corrected chi connectivity index (χ3v) is 3.55. The number of carboxylic acids is 2. The van der Waals surface area contributed by atoms with Gasteiger partial charge in [-0.1, -0.05) is 0 Å². The monoisotopic (exact) mass is 419 g/mol. The fourth-order valence-electron chi connectivity index (χ4n) is 1.98. The van der Waals surface area contributed by atoms with Crippen LogP contribution in [-0.4, -0.2) is 82.2 Å². The molecule has 0 aromatic rings. The van der Waals surface area contributed by atoms with E-state index < -0.39 is 73.3 Å². The molecule has 0 aromatic carbocycles. The topological polar surface area (TPSA) is 251 Å². The maximum atomic E-state index is 12.3. The van der Waals surface area contributed by atoms with Crippen molar-refractivity contribution in [2.45, 2.75) is 43.8 Å². The van der Waals surface area contributed by atoms with Gasteiger partial charge in [-0.3, -0.25) is 24.0 Å². The van der Waals surface area contributed by atoms with Gasteiger partial charge in [0, 0.05) is 12.8 Å². The lowest BCUT2D eigenvalue weighted by Gasteiger charge is -2.21. The third-order valence-electron chi connectivity index (χ3n) is 3.55. The predicted molar refractivity (Wildman–Crippen MR) is 94.9 cm³/mol. The minimum absolute atomic E-state index is 0.300. The molecule has 3 atom stereocenters. The molecular formula is C15H25N5O9. The zero-order valence-corrected chi connectivity index (χ0v) is 15.4. The maximum absolute atomic E-state index is 12.3. The van der Waals surface area contributed by atoms with Crippen LogP contribution in [0.4, 0.5) is 0 Å². The smallest absolute Gasteiger partial charge is 0.326 e. The van der Waals surface area contributed by atoms with Gasteiger partial charge < -0.3 is 42.7 Å². The quantitative estimate of drug-likeness (QED) is 0.134. The summed E-state index contributed by atoms with van der Waals surface area (Å²) >= 11 is 0. The molecule has 0 aromatic heterocycles. The van der Waals surface area contributed by atoms with E-state index in [2.05, 4.69) is 16.0 Å². The van der Waals surface area contributed by atoms with E-state index in [0.717, 1.165) is 0 Å². The van der Waals surface area contributed by atoms with Crippen LogP contribution in [0.3, 0.4) is 0 Å². The SMILES string of the molecule is NC(=O)CCC(NC(=O)C(CCC(=O)O)NC(=O)CNC(=O)C(N)CO)C(=O)O. The molecule has 0 rings (SSSR count). The van der Waals surface area contributed by atoms with E-state index in [9.17, 15) is 28.8 Å². The molecule has 0 aliphatic carbocycles. The molecule has 14 heteroatoms. The average Bonchev–Trinajstić information content (AvgIpc) is 2.64. The van der Waals surface area contributed by atoms with Crippen LogP contribution in [0.15, 0.2) is 0 Å². The Bertz CT molecular complexity index is 640.